The number of fused-ring (bicyclic) bond motifs is 2. The molecular weight excluding hydrogens is 489 g/mol. The number of morpholine rings is 1. The van der Waals surface area contributed by atoms with Gasteiger partial charge in [-0.25, -0.2) is 4.79 Å². The van der Waals surface area contributed by atoms with Crippen LogP contribution in [-0.4, -0.2) is 72.4 Å². The zero-order valence-corrected chi connectivity index (χ0v) is 20.9. The van der Waals surface area contributed by atoms with Crippen LogP contribution in [0.4, 0.5) is 13.2 Å². The molecular formula is C27H33F3N2O5. The van der Waals surface area contributed by atoms with Gasteiger partial charge in [0, 0.05) is 19.5 Å². The molecule has 10 heteroatoms. The number of furan rings is 1. The lowest BCUT2D eigenvalue weighted by atomic mass is 9.73. The molecule has 0 saturated carbocycles. The standard InChI is InChI=1S/C25H32N2O3.C2HF3O2/c1-19-6-7-21(30-19)18-26-10-8-25(9-11-26)17-20(22-4-2-3-5-23(22)25)16-24(28)27-12-14-29-15-13-27;3-2(4,5)1(6)7/h2-7,20H,8-18H2,1H3;(H,6,7). The van der Waals surface area contributed by atoms with E-state index >= 15 is 0 Å². The Kier molecular flexibility index (Phi) is 8.28. The molecule has 0 radical (unpaired) electrons. The van der Waals surface area contributed by atoms with Crippen LogP contribution >= 0.6 is 0 Å². The third-order valence-corrected chi connectivity index (χ3v) is 7.63. The van der Waals surface area contributed by atoms with Gasteiger partial charge in [-0.2, -0.15) is 13.2 Å². The molecule has 0 bridgehead atoms. The maximum atomic E-state index is 12.9. The van der Waals surface area contributed by atoms with Gasteiger partial charge in [0.2, 0.25) is 5.91 Å². The second-order valence-corrected chi connectivity index (χ2v) is 10.1. The van der Waals surface area contributed by atoms with Crippen LogP contribution < -0.4 is 0 Å². The molecule has 3 heterocycles. The SMILES string of the molecule is Cc1ccc(CN2CCC3(CC2)CC(CC(=O)N2CCOCC2)c2ccccc23)o1.O=C(O)C(F)(F)F. The van der Waals surface area contributed by atoms with Gasteiger partial charge in [0.25, 0.3) is 0 Å². The fourth-order valence-corrected chi connectivity index (χ4v) is 5.77. The molecule has 1 N–H and O–H groups in total. The summed E-state index contributed by atoms with van der Waals surface area (Å²) in [5, 5.41) is 7.12. The van der Waals surface area contributed by atoms with Crippen molar-refractivity contribution in [2.45, 2.75) is 56.7 Å². The summed E-state index contributed by atoms with van der Waals surface area (Å²) in [5.74, 6) is -0.0793. The van der Waals surface area contributed by atoms with Crippen molar-refractivity contribution in [3.63, 3.8) is 0 Å². The second kappa shape index (κ2) is 11.3. The quantitative estimate of drug-likeness (QED) is 0.637. The van der Waals surface area contributed by atoms with Crippen molar-refractivity contribution in [1.82, 2.24) is 9.80 Å². The van der Waals surface area contributed by atoms with Crippen LogP contribution in [0, 0.1) is 6.92 Å². The van der Waals surface area contributed by atoms with E-state index in [1.54, 1.807) is 0 Å². The van der Waals surface area contributed by atoms with E-state index in [-0.39, 0.29) is 5.41 Å². The first-order valence-corrected chi connectivity index (χ1v) is 12.6. The molecule has 1 aromatic heterocycles. The summed E-state index contributed by atoms with van der Waals surface area (Å²) in [6.07, 6.45) is -1.03. The molecule has 7 nitrogen and oxygen atoms in total. The Hall–Kier alpha value is -2.85. The topological polar surface area (TPSA) is 83.2 Å². The van der Waals surface area contributed by atoms with Crippen LogP contribution in [0.2, 0.25) is 0 Å². The number of likely N-dealkylation sites (tertiary alicyclic amines) is 1. The van der Waals surface area contributed by atoms with E-state index < -0.39 is 12.1 Å². The number of piperidine rings is 1. The van der Waals surface area contributed by atoms with E-state index in [1.807, 2.05) is 17.9 Å². The number of aryl methyl sites for hydroxylation is 1. The van der Waals surface area contributed by atoms with Crippen LogP contribution in [0.3, 0.4) is 0 Å². The first-order valence-electron chi connectivity index (χ1n) is 12.6. The summed E-state index contributed by atoms with van der Waals surface area (Å²) in [5.41, 5.74) is 3.13. The van der Waals surface area contributed by atoms with Gasteiger partial charge in [-0.3, -0.25) is 9.69 Å². The number of aliphatic carboxylic acids is 1. The van der Waals surface area contributed by atoms with E-state index in [0.29, 0.717) is 31.5 Å². The van der Waals surface area contributed by atoms with Crippen molar-refractivity contribution in [1.29, 1.82) is 0 Å². The van der Waals surface area contributed by atoms with Crippen LogP contribution in [-0.2, 0) is 26.3 Å². The Balaban J connectivity index is 0.000000405. The Labute approximate surface area is 214 Å². The number of carboxylic acid groups (broad SMARTS) is 1. The van der Waals surface area contributed by atoms with Crippen LogP contribution in [0.25, 0.3) is 0 Å². The molecule has 1 aromatic carbocycles. The van der Waals surface area contributed by atoms with E-state index in [2.05, 4.69) is 35.2 Å². The van der Waals surface area contributed by atoms with E-state index in [9.17, 15) is 18.0 Å². The van der Waals surface area contributed by atoms with Gasteiger partial charge < -0.3 is 19.2 Å². The van der Waals surface area contributed by atoms with Gasteiger partial charge in [0.15, 0.2) is 0 Å². The summed E-state index contributed by atoms with van der Waals surface area (Å²) in [6.45, 7) is 7.87. The minimum Gasteiger partial charge on any atom is -0.475 e. The number of carboxylic acids is 1. The number of alkyl halides is 3. The molecule has 1 unspecified atom stereocenters. The number of amides is 1. The Morgan fingerprint density at radius 3 is 2.30 bits per heavy atom. The van der Waals surface area contributed by atoms with Crippen molar-refractivity contribution in [3.05, 3.63) is 59.0 Å². The molecule has 2 saturated heterocycles. The maximum absolute atomic E-state index is 12.9. The highest BCUT2D eigenvalue weighted by atomic mass is 19.4. The van der Waals surface area contributed by atoms with Crippen LogP contribution in [0.15, 0.2) is 40.8 Å². The average molecular weight is 523 g/mol. The first kappa shape index (κ1) is 27.2. The number of halogens is 3. The van der Waals surface area contributed by atoms with Gasteiger partial charge >= 0.3 is 12.1 Å². The highest BCUT2D eigenvalue weighted by Gasteiger charge is 2.46. The molecule has 5 rings (SSSR count). The molecule has 37 heavy (non-hydrogen) atoms. The van der Waals surface area contributed by atoms with Gasteiger partial charge in [-0.1, -0.05) is 24.3 Å². The van der Waals surface area contributed by atoms with Gasteiger partial charge in [0.05, 0.1) is 19.8 Å². The highest BCUT2D eigenvalue weighted by molar-refractivity contribution is 5.77. The summed E-state index contributed by atoms with van der Waals surface area (Å²) in [7, 11) is 0. The lowest BCUT2D eigenvalue weighted by Crippen LogP contribution is -2.42. The number of ether oxygens (including phenoxy) is 1. The molecule has 2 aromatic rings. The number of carbonyl (C=O) groups excluding carboxylic acids is 1. The van der Waals surface area contributed by atoms with Crippen molar-refractivity contribution >= 4 is 11.9 Å². The van der Waals surface area contributed by atoms with Gasteiger partial charge in [-0.05, 0) is 73.9 Å². The second-order valence-electron chi connectivity index (χ2n) is 10.1. The van der Waals surface area contributed by atoms with Gasteiger partial charge in [-0.15, -0.1) is 0 Å². The molecule has 3 aliphatic rings. The third-order valence-electron chi connectivity index (χ3n) is 7.63. The summed E-state index contributed by atoms with van der Waals surface area (Å²) in [4.78, 5) is 26.3. The summed E-state index contributed by atoms with van der Waals surface area (Å²) < 4.78 is 42.9. The molecule has 1 atom stereocenters. The molecule has 1 amide bonds. The summed E-state index contributed by atoms with van der Waals surface area (Å²) in [6, 6.07) is 13.0. The zero-order valence-electron chi connectivity index (χ0n) is 20.9. The molecule has 202 valence electrons. The number of rotatable bonds is 4. The first-order chi connectivity index (χ1) is 17.6. The number of benzene rings is 1. The minimum absolute atomic E-state index is 0.224. The molecule has 1 aliphatic carbocycles. The largest absolute Gasteiger partial charge is 0.490 e. The van der Waals surface area contributed by atoms with Crippen molar-refractivity contribution < 1.29 is 37.0 Å². The molecule has 2 aliphatic heterocycles. The Bertz CT molecular complexity index is 1090. The van der Waals surface area contributed by atoms with Gasteiger partial charge in [0.1, 0.15) is 11.5 Å². The monoisotopic (exact) mass is 522 g/mol. The zero-order chi connectivity index (χ0) is 26.6. The number of nitrogens with zero attached hydrogens (tertiary/aromatic N) is 2. The third kappa shape index (κ3) is 6.54. The normalized spacial score (nSPS) is 21.3. The molecule has 2 fully saturated rings. The van der Waals surface area contributed by atoms with Crippen molar-refractivity contribution in [2.24, 2.45) is 0 Å². The van der Waals surface area contributed by atoms with Crippen molar-refractivity contribution in [2.75, 3.05) is 39.4 Å². The number of carbonyl (C=O) groups is 2. The summed E-state index contributed by atoms with van der Waals surface area (Å²) >= 11 is 0. The number of hydrogen-bond donors (Lipinski definition) is 1. The van der Waals surface area contributed by atoms with E-state index in [4.69, 9.17) is 19.1 Å². The van der Waals surface area contributed by atoms with Crippen molar-refractivity contribution in [3.8, 4) is 0 Å². The van der Waals surface area contributed by atoms with E-state index in [1.165, 1.54) is 11.1 Å². The lowest BCUT2D eigenvalue weighted by molar-refractivity contribution is -0.192. The fourth-order valence-electron chi connectivity index (χ4n) is 5.77. The van der Waals surface area contributed by atoms with E-state index in [0.717, 1.165) is 63.5 Å². The smallest absolute Gasteiger partial charge is 0.475 e. The predicted octanol–water partition coefficient (Wildman–Crippen LogP) is 4.49. The predicted molar refractivity (Wildman–Crippen MR) is 129 cm³/mol. The maximum Gasteiger partial charge on any atom is 0.490 e. The van der Waals surface area contributed by atoms with Crippen LogP contribution in [0.5, 0.6) is 0 Å². The molecule has 1 spiro atoms. The Morgan fingerprint density at radius 2 is 1.70 bits per heavy atom. The lowest BCUT2D eigenvalue weighted by Gasteiger charge is -2.40. The fraction of sp³-hybridized carbons (Fsp3) is 0.556. The average Bonchev–Trinajstić information content (AvgIpc) is 3.42. The highest BCUT2D eigenvalue weighted by Crippen LogP contribution is 2.52. The Morgan fingerprint density at radius 1 is 1.05 bits per heavy atom. The number of hydrogen-bond acceptors (Lipinski definition) is 5. The van der Waals surface area contributed by atoms with Crippen LogP contribution in [0.1, 0.15) is 54.2 Å². The minimum atomic E-state index is -5.08.